The van der Waals surface area contributed by atoms with Crippen molar-refractivity contribution in [3.8, 4) is 5.88 Å². The van der Waals surface area contributed by atoms with E-state index in [9.17, 15) is 5.11 Å². The summed E-state index contributed by atoms with van der Waals surface area (Å²) in [5.74, 6) is 0.148. The third-order valence-corrected chi connectivity index (χ3v) is 4.49. The maximum Gasteiger partial charge on any atom is 0.226 e. The minimum atomic E-state index is 0.148. The summed E-state index contributed by atoms with van der Waals surface area (Å²) in [6, 6.07) is 18.2. The van der Waals surface area contributed by atoms with Gasteiger partial charge in [-0.2, -0.15) is 0 Å². The van der Waals surface area contributed by atoms with Crippen molar-refractivity contribution >= 4 is 10.9 Å². The zero-order chi connectivity index (χ0) is 15.6. The minimum Gasteiger partial charge on any atom is -0.492 e. The lowest BCUT2D eigenvalue weighted by Gasteiger charge is -2.28. The predicted octanol–water partition coefficient (Wildman–Crippen LogP) is 2.83. The van der Waals surface area contributed by atoms with Gasteiger partial charge in [0.1, 0.15) is 6.61 Å². The molecule has 0 saturated heterocycles. The summed E-state index contributed by atoms with van der Waals surface area (Å²) in [6.07, 6.45) is 1.09. The van der Waals surface area contributed by atoms with Gasteiger partial charge in [0.25, 0.3) is 0 Å². The Morgan fingerprint density at radius 3 is 2.70 bits per heavy atom. The molecule has 0 saturated carbocycles. The molecule has 0 spiro atoms. The van der Waals surface area contributed by atoms with Crippen LogP contribution in [0.4, 0.5) is 0 Å². The number of hydrogen-bond acceptors (Lipinski definition) is 3. The van der Waals surface area contributed by atoms with Gasteiger partial charge in [0.15, 0.2) is 0 Å². The minimum absolute atomic E-state index is 0.148. The van der Waals surface area contributed by atoms with Crippen LogP contribution in [0.5, 0.6) is 5.88 Å². The molecular weight excluding hydrogens is 288 g/mol. The summed E-state index contributed by atoms with van der Waals surface area (Å²) < 4.78 is 1.52. The van der Waals surface area contributed by atoms with Crippen LogP contribution in [0.1, 0.15) is 11.1 Å². The molecule has 1 aliphatic heterocycles. The first-order chi connectivity index (χ1) is 11.3. The highest BCUT2D eigenvalue weighted by Crippen LogP contribution is 2.23. The molecule has 0 bridgehead atoms. The van der Waals surface area contributed by atoms with Crippen LogP contribution in [-0.2, 0) is 13.0 Å². The number of aromatic hydroxyl groups is 1. The van der Waals surface area contributed by atoms with Gasteiger partial charge in [-0.3, -0.25) is 4.90 Å². The highest BCUT2D eigenvalue weighted by atomic mass is 16.7. The molecule has 0 unspecified atom stereocenters. The smallest absolute Gasteiger partial charge is 0.226 e. The van der Waals surface area contributed by atoms with Crippen LogP contribution in [0.2, 0.25) is 0 Å². The number of aromatic nitrogens is 1. The molecule has 0 amide bonds. The molecule has 1 aromatic heterocycles. The number of fused-ring (bicyclic) bond motifs is 2. The quantitative estimate of drug-likeness (QED) is 0.805. The predicted molar refractivity (Wildman–Crippen MR) is 90.5 cm³/mol. The maximum absolute atomic E-state index is 10.0. The van der Waals surface area contributed by atoms with Crippen LogP contribution in [0.3, 0.4) is 0 Å². The molecule has 0 radical (unpaired) electrons. The van der Waals surface area contributed by atoms with Crippen molar-refractivity contribution in [1.82, 2.24) is 9.63 Å². The van der Waals surface area contributed by atoms with Gasteiger partial charge in [0.05, 0.1) is 5.52 Å². The molecule has 0 aliphatic carbocycles. The Kier molecular flexibility index (Phi) is 3.67. The fourth-order valence-corrected chi connectivity index (χ4v) is 3.26. The summed E-state index contributed by atoms with van der Waals surface area (Å²) in [6.45, 7) is 3.42. The lowest BCUT2D eigenvalue weighted by molar-refractivity contribution is 0.0765. The standard InChI is InChI=1S/C19H20N2O2/c22-19-13-16-6-3-4-8-18(16)21(19)23-12-11-20-10-9-15-5-1-2-7-17(15)14-20/h1-8,13,22H,9-12,14H2. The van der Waals surface area contributed by atoms with Crippen molar-refractivity contribution in [2.24, 2.45) is 0 Å². The van der Waals surface area contributed by atoms with Crippen LogP contribution in [-0.4, -0.2) is 34.4 Å². The summed E-state index contributed by atoms with van der Waals surface area (Å²) in [7, 11) is 0. The van der Waals surface area contributed by atoms with Crippen LogP contribution >= 0.6 is 0 Å². The summed E-state index contributed by atoms with van der Waals surface area (Å²) in [4.78, 5) is 8.20. The summed E-state index contributed by atoms with van der Waals surface area (Å²) >= 11 is 0. The first-order valence-electron chi connectivity index (χ1n) is 8.03. The Morgan fingerprint density at radius 2 is 1.78 bits per heavy atom. The van der Waals surface area contributed by atoms with Gasteiger partial charge >= 0.3 is 0 Å². The van der Waals surface area contributed by atoms with Crippen molar-refractivity contribution in [2.75, 3.05) is 19.7 Å². The molecule has 1 aliphatic rings. The zero-order valence-corrected chi connectivity index (χ0v) is 13.0. The van der Waals surface area contributed by atoms with Gasteiger partial charge in [0.2, 0.25) is 5.88 Å². The van der Waals surface area contributed by atoms with E-state index in [0.29, 0.717) is 6.61 Å². The number of hydrogen-bond donors (Lipinski definition) is 1. The van der Waals surface area contributed by atoms with Gasteiger partial charge in [-0.15, -0.1) is 4.73 Å². The molecular formula is C19H20N2O2. The Hall–Kier alpha value is -2.46. The normalized spacial score (nSPS) is 14.8. The highest BCUT2D eigenvalue weighted by molar-refractivity contribution is 5.81. The van der Waals surface area contributed by atoms with E-state index in [-0.39, 0.29) is 5.88 Å². The molecule has 0 atom stereocenters. The molecule has 1 N–H and O–H groups in total. The maximum atomic E-state index is 10.0. The van der Waals surface area contributed by atoms with E-state index >= 15 is 0 Å². The Morgan fingerprint density at radius 1 is 1.00 bits per heavy atom. The number of nitrogens with zero attached hydrogens (tertiary/aromatic N) is 2. The molecule has 118 valence electrons. The van der Waals surface area contributed by atoms with Gasteiger partial charge < -0.3 is 9.94 Å². The second-order valence-electron chi connectivity index (χ2n) is 5.98. The number of para-hydroxylation sites is 1. The fraction of sp³-hybridized carbons (Fsp3) is 0.263. The van der Waals surface area contributed by atoms with Crippen LogP contribution in [0.15, 0.2) is 54.6 Å². The van der Waals surface area contributed by atoms with Gasteiger partial charge in [-0.05, 0) is 23.6 Å². The van der Waals surface area contributed by atoms with Crippen LogP contribution in [0, 0.1) is 0 Å². The van der Waals surface area contributed by atoms with Gasteiger partial charge in [-0.1, -0.05) is 42.5 Å². The molecule has 2 heterocycles. The van der Waals surface area contributed by atoms with Crippen molar-refractivity contribution < 1.29 is 9.94 Å². The van der Waals surface area contributed by atoms with Gasteiger partial charge in [0, 0.05) is 31.1 Å². The molecule has 2 aromatic carbocycles. The Labute approximate surface area is 135 Å². The third kappa shape index (κ3) is 2.78. The fourth-order valence-electron chi connectivity index (χ4n) is 3.26. The molecule has 4 nitrogen and oxygen atoms in total. The third-order valence-electron chi connectivity index (χ3n) is 4.49. The summed E-state index contributed by atoms with van der Waals surface area (Å²) in [5, 5.41) is 11.0. The zero-order valence-electron chi connectivity index (χ0n) is 13.0. The average Bonchev–Trinajstić information content (AvgIpc) is 2.90. The second-order valence-corrected chi connectivity index (χ2v) is 5.98. The second kappa shape index (κ2) is 5.97. The number of benzene rings is 2. The highest BCUT2D eigenvalue weighted by Gasteiger charge is 2.16. The van der Waals surface area contributed by atoms with E-state index in [4.69, 9.17) is 4.84 Å². The van der Waals surface area contributed by atoms with E-state index in [0.717, 1.165) is 37.0 Å². The van der Waals surface area contributed by atoms with Crippen molar-refractivity contribution in [1.29, 1.82) is 0 Å². The summed E-state index contributed by atoms with van der Waals surface area (Å²) in [5.41, 5.74) is 3.76. The lowest BCUT2D eigenvalue weighted by Crippen LogP contribution is -2.34. The average molecular weight is 308 g/mol. The van der Waals surface area contributed by atoms with E-state index < -0.39 is 0 Å². The molecule has 23 heavy (non-hydrogen) atoms. The topological polar surface area (TPSA) is 37.6 Å². The Bertz CT molecular complexity index is 825. The van der Waals surface area contributed by atoms with Crippen molar-refractivity contribution in [3.05, 3.63) is 65.7 Å². The molecule has 4 rings (SSSR count). The first kappa shape index (κ1) is 14.2. The molecule has 3 aromatic rings. The van der Waals surface area contributed by atoms with E-state index in [2.05, 4.69) is 29.2 Å². The van der Waals surface area contributed by atoms with E-state index in [1.165, 1.54) is 15.9 Å². The first-order valence-corrected chi connectivity index (χ1v) is 8.03. The molecule has 0 fully saturated rings. The largest absolute Gasteiger partial charge is 0.492 e. The van der Waals surface area contributed by atoms with Crippen LogP contribution < -0.4 is 4.84 Å². The van der Waals surface area contributed by atoms with Crippen molar-refractivity contribution in [2.45, 2.75) is 13.0 Å². The monoisotopic (exact) mass is 308 g/mol. The number of rotatable bonds is 4. The lowest BCUT2D eigenvalue weighted by atomic mass is 10.0. The van der Waals surface area contributed by atoms with E-state index in [1.807, 2.05) is 24.3 Å². The van der Waals surface area contributed by atoms with E-state index in [1.54, 1.807) is 6.07 Å². The van der Waals surface area contributed by atoms with Crippen molar-refractivity contribution in [3.63, 3.8) is 0 Å². The SMILES string of the molecule is Oc1cc2ccccc2n1OCCN1CCc2ccccc2C1. The van der Waals surface area contributed by atoms with Crippen LogP contribution in [0.25, 0.3) is 10.9 Å². The molecule has 4 heteroatoms. The Balaban J connectivity index is 1.40. The van der Waals surface area contributed by atoms with Gasteiger partial charge in [-0.25, -0.2) is 0 Å².